The highest BCUT2D eigenvalue weighted by molar-refractivity contribution is 9.10. The van der Waals surface area contributed by atoms with Crippen LogP contribution in [0.4, 0.5) is 5.13 Å². The molecule has 2 aromatic heterocycles. The average molecular weight is 447 g/mol. The standard InChI is InChI=1S/C20H19BrN2O3S/c1-11(24)17-10-16(26-12(17)2)8-9-18(25)22-20-23-19(13(3)27-20)14-4-6-15(21)7-5-14/h4-7,10H,8-9H2,1-3H3,(H,22,23,25). The van der Waals surface area contributed by atoms with Crippen LogP contribution in [0.25, 0.3) is 11.3 Å². The highest BCUT2D eigenvalue weighted by atomic mass is 79.9. The maximum Gasteiger partial charge on any atom is 0.226 e. The van der Waals surface area contributed by atoms with E-state index in [9.17, 15) is 9.59 Å². The molecule has 27 heavy (non-hydrogen) atoms. The lowest BCUT2D eigenvalue weighted by Crippen LogP contribution is -2.11. The Bertz CT molecular complexity index is 989. The predicted octanol–water partition coefficient (Wildman–Crippen LogP) is 5.56. The Balaban J connectivity index is 1.63. The van der Waals surface area contributed by atoms with Crippen molar-refractivity contribution >= 4 is 44.1 Å². The summed E-state index contributed by atoms with van der Waals surface area (Å²) in [6.45, 7) is 5.24. The predicted molar refractivity (Wildman–Crippen MR) is 110 cm³/mol. The third-order valence-electron chi connectivity index (χ3n) is 4.11. The second kappa shape index (κ2) is 8.19. The monoisotopic (exact) mass is 446 g/mol. The molecule has 0 spiro atoms. The van der Waals surface area contributed by atoms with Gasteiger partial charge in [0.25, 0.3) is 0 Å². The number of nitrogens with zero attached hydrogens (tertiary/aromatic N) is 1. The SMILES string of the molecule is CC(=O)c1cc(CCC(=O)Nc2nc(-c3ccc(Br)cc3)c(C)s2)oc1C. The van der Waals surface area contributed by atoms with Crippen molar-refractivity contribution in [1.82, 2.24) is 4.98 Å². The summed E-state index contributed by atoms with van der Waals surface area (Å²) in [5, 5.41) is 3.43. The van der Waals surface area contributed by atoms with Crippen molar-refractivity contribution < 1.29 is 14.0 Å². The number of aryl methyl sites for hydroxylation is 3. The molecule has 0 unspecified atom stereocenters. The van der Waals surface area contributed by atoms with Crippen molar-refractivity contribution in [2.45, 2.75) is 33.6 Å². The molecular formula is C20H19BrN2O3S. The summed E-state index contributed by atoms with van der Waals surface area (Å²) in [7, 11) is 0. The topological polar surface area (TPSA) is 72.2 Å². The van der Waals surface area contributed by atoms with Gasteiger partial charge in [-0.15, -0.1) is 11.3 Å². The maximum absolute atomic E-state index is 12.3. The van der Waals surface area contributed by atoms with Gasteiger partial charge in [-0.2, -0.15) is 0 Å². The first-order valence-electron chi connectivity index (χ1n) is 8.47. The minimum absolute atomic E-state index is 0.0364. The molecule has 0 fully saturated rings. The largest absolute Gasteiger partial charge is 0.466 e. The van der Waals surface area contributed by atoms with Gasteiger partial charge in [-0.1, -0.05) is 28.1 Å². The molecule has 0 bridgehead atoms. The summed E-state index contributed by atoms with van der Waals surface area (Å²) in [6.07, 6.45) is 0.695. The minimum Gasteiger partial charge on any atom is -0.466 e. The Kier molecular flexibility index (Phi) is 5.92. The average Bonchev–Trinajstić information content (AvgIpc) is 3.16. The molecule has 2 heterocycles. The van der Waals surface area contributed by atoms with Crippen molar-refractivity contribution in [3.63, 3.8) is 0 Å². The summed E-state index contributed by atoms with van der Waals surface area (Å²) < 4.78 is 6.56. The minimum atomic E-state index is -0.135. The summed E-state index contributed by atoms with van der Waals surface area (Å²) in [4.78, 5) is 29.3. The van der Waals surface area contributed by atoms with Gasteiger partial charge in [0.1, 0.15) is 11.5 Å². The smallest absolute Gasteiger partial charge is 0.226 e. The van der Waals surface area contributed by atoms with E-state index in [-0.39, 0.29) is 18.1 Å². The molecule has 1 amide bonds. The third-order valence-corrected chi connectivity index (χ3v) is 5.52. The first kappa shape index (κ1) is 19.5. The number of nitrogens with one attached hydrogen (secondary N) is 1. The number of thiazole rings is 1. The van der Waals surface area contributed by atoms with Gasteiger partial charge in [0.2, 0.25) is 5.91 Å². The lowest BCUT2D eigenvalue weighted by Gasteiger charge is -2.00. The zero-order chi connectivity index (χ0) is 19.6. The van der Waals surface area contributed by atoms with Crippen LogP contribution >= 0.6 is 27.3 Å². The number of hydrogen-bond acceptors (Lipinski definition) is 5. The van der Waals surface area contributed by atoms with E-state index in [1.807, 2.05) is 31.2 Å². The first-order valence-corrected chi connectivity index (χ1v) is 10.1. The number of Topliss-reactive ketones (excluding diaryl/α,β-unsaturated/α-hetero) is 1. The highest BCUT2D eigenvalue weighted by Gasteiger charge is 2.15. The second-order valence-electron chi connectivity index (χ2n) is 6.22. The maximum atomic E-state index is 12.3. The number of furan rings is 1. The van der Waals surface area contributed by atoms with Crippen LogP contribution in [0.5, 0.6) is 0 Å². The van der Waals surface area contributed by atoms with Crippen LogP contribution in [0.1, 0.15) is 40.1 Å². The lowest BCUT2D eigenvalue weighted by atomic mass is 10.1. The van der Waals surface area contributed by atoms with Gasteiger partial charge < -0.3 is 9.73 Å². The Labute approximate surface area is 169 Å². The number of benzene rings is 1. The normalized spacial score (nSPS) is 10.8. The van der Waals surface area contributed by atoms with E-state index in [4.69, 9.17) is 4.42 Å². The summed E-state index contributed by atoms with van der Waals surface area (Å²) in [5.41, 5.74) is 2.45. The van der Waals surface area contributed by atoms with Gasteiger partial charge in [-0.25, -0.2) is 4.98 Å². The molecule has 0 aliphatic rings. The molecule has 3 aromatic rings. The third kappa shape index (κ3) is 4.73. The van der Waals surface area contributed by atoms with Gasteiger partial charge in [0.15, 0.2) is 10.9 Å². The number of rotatable bonds is 6. The van der Waals surface area contributed by atoms with Crippen LogP contribution in [-0.4, -0.2) is 16.7 Å². The van der Waals surface area contributed by atoms with Crippen LogP contribution < -0.4 is 5.32 Å². The van der Waals surface area contributed by atoms with Crippen molar-refractivity contribution in [1.29, 1.82) is 0 Å². The quantitative estimate of drug-likeness (QED) is 0.503. The molecule has 140 valence electrons. The van der Waals surface area contributed by atoms with Crippen LogP contribution in [0.15, 0.2) is 39.2 Å². The van der Waals surface area contributed by atoms with E-state index >= 15 is 0 Å². The van der Waals surface area contributed by atoms with Gasteiger partial charge in [-0.05, 0) is 39.0 Å². The molecular weight excluding hydrogens is 428 g/mol. The summed E-state index contributed by atoms with van der Waals surface area (Å²) in [6, 6.07) is 9.62. The number of aromatic nitrogens is 1. The van der Waals surface area contributed by atoms with E-state index in [1.54, 1.807) is 13.0 Å². The molecule has 0 aliphatic carbocycles. The fourth-order valence-corrected chi connectivity index (χ4v) is 3.88. The molecule has 3 rings (SSSR count). The molecule has 1 N–H and O–H groups in total. The lowest BCUT2D eigenvalue weighted by molar-refractivity contribution is -0.116. The van der Waals surface area contributed by atoms with E-state index in [1.165, 1.54) is 18.3 Å². The first-order chi connectivity index (χ1) is 12.8. The number of amides is 1. The fourth-order valence-electron chi connectivity index (χ4n) is 2.76. The number of halogens is 1. The molecule has 1 aromatic carbocycles. The number of anilines is 1. The molecule has 0 atom stereocenters. The van der Waals surface area contributed by atoms with Crippen molar-refractivity contribution in [2.75, 3.05) is 5.32 Å². The molecule has 5 nitrogen and oxygen atoms in total. The molecule has 0 saturated carbocycles. The summed E-state index contributed by atoms with van der Waals surface area (Å²) in [5.74, 6) is 1.06. The number of ketones is 1. The van der Waals surface area contributed by atoms with Crippen LogP contribution in [0.3, 0.4) is 0 Å². The number of carbonyl (C=O) groups excluding carboxylic acids is 2. The number of hydrogen-bond donors (Lipinski definition) is 1. The Morgan fingerprint density at radius 1 is 1.22 bits per heavy atom. The van der Waals surface area contributed by atoms with Crippen molar-refractivity contribution in [3.8, 4) is 11.3 Å². The van der Waals surface area contributed by atoms with Gasteiger partial charge in [-0.3, -0.25) is 9.59 Å². The fraction of sp³-hybridized carbons (Fsp3) is 0.250. The van der Waals surface area contributed by atoms with Crippen LogP contribution in [0.2, 0.25) is 0 Å². The van der Waals surface area contributed by atoms with E-state index < -0.39 is 0 Å². The van der Waals surface area contributed by atoms with Crippen molar-refractivity contribution in [2.24, 2.45) is 0 Å². The Morgan fingerprint density at radius 2 is 1.93 bits per heavy atom. The number of carbonyl (C=O) groups is 2. The van der Waals surface area contributed by atoms with E-state index in [0.29, 0.717) is 28.6 Å². The van der Waals surface area contributed by atoms with Crippen LogP contribution in [0, 0.1) is 13.8 Å². The molecule has 0 saturated heterocycles. The van der Waals surface area contributed by atoms with Crippen LogP contribution in [-0.2, 0) is 11.2 Å². The Morgan fingerprint density at radius 3 is 2.56 bits per heavy atom. The Hall–Kier alpha value is -2.25. The zero-order valence-corrected chi connectivity index (χ0v) is 17.7. The second-order valence-corrected chi connectivity index (χ2v) is 8.34. The summed E-state index contributed by atoms with van der Waals surface area (Å²) >= 11 is 4.87. The highest BCUT2D eigenvalue weighted by Crippen LogP contribution is 2.31. The van der Waals surface area contributed by atoms with Gasteiger partial charge >= 0.3 is 0 Å². The zero-order valence-electron chi connectivity index (χ0n) is 15.3. The molecule has 0 radical (unpaired) electrons. The molecule has 0 aliphatic heterocycles. The van der Waals surface area contributed by atoms with Crippen molar-refractivity contribution in [3.05, 3.63) is 56.8 Å². The van der Waals surface area contributed by atoms with Gasteiger partial charge in [0, 0.05) is 27.8 Å². The van der Waals surface area contributed by atoms with Gasteiger partial charge in [0.05, 0.1) is 11.3 Å². The van der Waals surface area contributed by atoms with E-state index in [2.05, 4.69) is 26.2 Å². The molecule has 7 heteroatoms. The van der Waals surface area contributed by atoms with E-state index in [0.717, 1.165) is 20.6 Å².